The van der Waals surface area contributed by atoms with E-state index in [0.717, 1.165) is 103 Å². The molecular formula is C41H81NO5. The molecule has 6 heteroatoms. The number of carbonyl (C=O) groups is 2. The van der Waals surface area contributed by atoms with Gasteiger partial charge in [-0.3, -0.25) is 9.59 Å². The van der Waals surface area contributed by atoms with Crippen molar-refractivity contribution in [1.82, 2.24) is 4.90 Å². The molecule has 280 valence electrons. The molecule has 0 fully saturated rings. The molecule has 1 N–H and O–H groups in total. The largest absolute Gasteiger partial charge is 0.466 e. The average molecular weight is 668 g/mol. The van der Waals surface area contributed by atoms with E-state index in [-0.39, 0.29) is 24.6 Å². The van der Waals surface area contributed by atoms with Crippen molar-refractivity contribution in [2.75, 3.05) is 32.8 Å². The minimum Gasteiger partial charge on any atom is -0.466 e. The van der Waals surface area contributed by atoms with Gasteiger partial charge in [-0.1, -0.05) is 143 Å². The van der Waals surface area contributed by atoms with Crippen molar-refractivity contribution in [1.29, 1.82) is 0 Å². The number of unbranched alkanes of at least 4 members (excludes halogenated alkanes) is 21. The van der Waals surface area contributed by atoms with Crippen LogP contribution in [0.3, 0.4) is 0 Å². The van der Waals surface area contributed by atoms with Crippen LogP contribution < -0.4 is 0 Å². The Bertz CT molecular complexity index is 642. The summed E-state index contributed by atoms with van der Waals surface area (Å²) in [4.78, 5) is 26.9. The minimum atomic E-state index is -0.0459. The molecule has 0 aliphatic rings. The Morgan fingerprint density at radius 2 is 0.894 bits per heavy atom. The highest BCUT2D eigenvalue weighted by atomic mass is 16.5. The summed E-state index contributed by atoms with van der Waals surface area (Å²) in [5, 5.41) is 9.50. The lowest BCUT2D eigenvalue weighted by atomic mass is 10.0. The van der Waals surface area contributed by atoms with Gasteiger partial charge < -0.3 is 19.5 Å². The maximum atomic E-state index is 12.7. The lowest BCUT2D eigenvalue weighted by molar-refractivity contribution is -0.150. The Morgan fingerprint density at radius 3 is 1.38 bits per heavy atom. The van der Waals surface area contributed by atoms with E-state index in [0.29, 0.717) is 19.4 Å². The summed E-state index contributed by atoms with van der Waals surface area (Å²) < 4.78 is 11.4. The van der Waals surface area contributed by atoms with Crippen LogP contribution in [0, 0.1) is 0 Å². The van der Waals surface area contributed by atoms with Crippen LogP contribution in [0.25, 0.3) is 0 Å². The third-order valence-electron chi connectivity index (χ3n) is 9.45. The third kappa shape index (κ3) is 34.5. The van der Waals surface area contributed by atoms with Crippen molar-refractivity contribution in [2.24, 2.45) is 0 Å². The zero-order valence-electron chi connectivity index (χ0n) is 31.9. The number of rotatable bonds is 38. The first-order chi connectivity index (χ1) is 23.1. The molecule has 0 aliphatic heterocycles. The van der Waals surface area contributed by atoms with Gasteiger partial charge in [0, 0.05) is 19.4 Å². The summed E-state index contributed by atoms with van der Waals surface area (Å²) in [6, 6.07) is 0. The van der Waals surface area contributed by atoms with E-state index >= 15 is 0 Å². The number of hydrogen-bond acceptors (Lipinski definition) is 6. The number of carbonyl (C=O) groups excluding carboxylic acids is 2. The van der Waals surface area contributed by atoms with Gasteiger partial charge in [0.2, 0.25) is 0 Å². The number of nitrogens with zero attached hydrogens (tertiary/aromatic N) is 1. The fraction of sp³-hybridized carbons (Fsp3) is 0.951. The van der Waals surface area contributed by atoms with E-state index in [1.54, 1.807) is 0 Å². The fourth-order valence-electron chi connectivity index (χ4n) is 6.35. The quantitative estimate of drug-likeness (QED) is 0.0521. The van der Waals surface area contributed by atoms with Crippen LogP contribution in [0.4, 0.5) is 0 Å². The molecule has 0 aromatic rings. The van der Waals surface area contributed by atoms with Crippen LogP contribution in [0.5, 0.6) is 0 Å². The summed E-state index contributed by atoms with van der Waals surface area (Å²) in [6.07, 6.45) is 34.1. The maximum absolute atomic E-state index is 12.7. The van der Waals surface area contributed by atoms with Gasteiger partial charge in [-0.25, -0.2) is 0 Å². The fourth-order valence-corrected chi connectivity index (χ4v) is 6.35. The van der Waals surface area contributed by atoms with Gasteiger partial charge in [0.1, 0.15) is 6.10 Å². The second-order valence-corrected chi connectivity index (χ2v) is 14.1. The molecule has 0 heterocycles. The molecule has 47 heavy (non-hydrogen) atoms. The first kappa shape index (κ1) is 45.9. The zero-order chi connectivity index (χ0) is 34.5. The normalized spacial score (nSPS) is 11.5. The number of esters is 2. The predicted octanol–water partition coefficient (Wildman–Crippen LogP) is 11.5. The Balaban J connectivity index is 4.00. The Morgan fingerprint density at radius 1 is 0.489 bits per heavy atom. The van der Waals surface area contributed by atoms with Gasteiger partial charge in [-0.05, 0) is 70.9 Å². The van der Waals surface area contributed by atoms with Crippen molar-refractivity contribution in [3.05, 3.63) is 0 Å². The van der Waals surface area contributed by atoms with E-state index in [1.807, 2.05) is 0 Å². The highest BCUT2D eigenvalue weighted by molar-refractivity contribution is 5.69. The Kier molecular flexibility index (Phi) is 36.8. The molecule has 0 amide bonds. The van der Waals surface area contributed by atoms with E-state index in [9.17, 15) is 14.7 Å². The average Bonchev–Trinajstić information content (AvgIpc) is 3.06. The third-order valence-corrected chi connectivity index (χ3v) is 9.45. The minimum absolute atomic E-state index is 0.00998. The van der Waals surface area contributed by atoms with Crippen molar-refractivity contribution in [3.63, 3.8) is 0 Å². The summed E-state index contributed by atoms with van der Waals surface area (Å²) in [5.41, 5.74) is 0. The molecule has 0 bridgehead atoms. The van der Waals surface area contributed by atoms with Crippen molar-refractivity contribution in [3.8, 4) is 0 Å². The van der Waals surface area contributed by atoms with Crippen LogP contribution in [-0.2, 0) is 19.1 Å². The number of ether oxygens (including phenoxy) is 2. The standard InChI is InChI=1S/C41H81NO5/c1-4-7-10-13-16-23-30-39(31-24-17-14-11-8-5-2)47-41(45)33-26-18-15-20-27-34-42(36-37-43)35-28-21-19-25-32-40(44)46-38-29-22-12-9-6-3/h39,43H,4-38H2,1-3H3. The van der Waals surface area contributed by atoms with Crippen LogP contribution >= 0.6 is 0 Å². The van der Waals surface area contributed by atoms with Gasteiger partial charge in [-0.15, -0.1) is 0 Å². The molecule has 0 radical (unpaired) electrons. The van der Waals surface area contributed by atoms with Crippen molar-refractivity contribution >= 4 is 11.9 Å². The molecule has 0 aromatic heterocycles. The smallest absolute Gasteiger partial charge is 0.306 e. The van der Waals surface area contributed by atoms with Crippen LogP contribution in [0.2, 0.25) is 0 Å². The van der Waals surface area contributed by atoms with Gasteiger partial charge >= 0.3 is 11.9 Å². The summed E-state index contributed by atoms with van der Waals surface area (Å²) in [7, 11) is 0. The van der Waals surface area contributed by atoms with Crippen LogP contribution in [0.15, 0.2) is 0 Å². The number of hydrogen-bond donors (Lipinski definition) is 1. The molecular weight excluding hydrogens is 586 g/mol. The lowest BCUT2D eigenvalue weighted by Gasteiger charge is -2.21. The summed E-state index contributed by atoms with van der Waals surface area (Å²) in [5.74, 6) is -0.0359. The van der Waals surface area contributed by atoms with Crippen molar-refractivity contribution < 1.29 is 24.2 Å². The lowest BCUT2D eigenvalue weighted by Crippen LogP contribution is -2.29. The van der Waals surface area contributed by atoms with Gasteiger partial charge in [0.15, 0.2) is 0 Å². The first-order valence-electron chi connectivity index (χ1n) is 20.8. The number of aliphatic hydroxyl groups is 1. The van der Waals surface area contributed by atoms with E-state index in [4.69, 9.17) is 9.47 Å². The van der Waals surface area contributed by atoms with Crippen LogP contribution in [-0.4, -0.2) is 60.9 Å². The molecule has 0 saturated heterocycles. The Labute approximate surface area is 292 Å². The van der Waals surface area contributed by atoms with Crippen LogP contribution in [0.1, 0.15) is 213 Å². The monoisotopic (exact) mass is 668 g/mol. The molecule has 0 rings (SSSR count). The van der Waals surface area contributed by atoms with E-state index in [1.165, 1.54) is 96.3 Å². The second-order valence-electron chi connectivity index (χ2n) is 14.1. The molecule has 6 nitrogen and oxygen atoms in total. The van der Waals surface area contributed by atoms with Gasteiger partial charge in [-0.2, -0.15) is 0 Å². The van der Waals surface area contributed by atoms with E-state index < -0.39 is 0 Å². The highest BCUT2D eigenvalue weighted by Gasteiger charge is 2.14. The first-order valence-corrected chi connectivity index (χ1v) is 20.8. The summed E-state index contributed by atoms with van der Waals surface area (Å²) >= 11 is 0. The molecule has 0 aromatic carbocycles. The Hall–Kier alpha value is -1.14. The second kappa shape index (κ2) is 37.7. The van der Waals surface area contributed by atoms with Gasteiger partial charge in [0.25, 0.3) is 0 Å². The van der Waals surface area contributed by atoms with E-state index in [2.05, 4.69) is 25.7 Å². The summed E-state index contributed by atoms with van der Waals surface area (Å²) in [6.45, 7) is 10.3. The predicted molar refractivity (Wildman–Crippen MR) is 200 cm³/mol. The topological polar surface area (TPSA) is 76.1 Å². The number of aliphatic hydroxyl groups excluding tert-OH is 1. The molecule has 0 unspecified atom stereocenters. The maximum Gasteiger partial charge on any atom is 0.306 e. The molecule has 0 atom stereocenters. The van der Waals surface area contributed by atoms with Crippen molar-refractivity contribution in [2.45, 2.75) is 219 Å². The highest BCUT2D eigenvalue weighted by Crippen LogP contribution is 2.18. The van der Waals surface area contributed by atoms with Gasteiger partial charge in [0.05, 0.1) is 13.2 Å². The molecule has 0 aliphatic carbocycles. The SMILES string of the molecule is CCCCCCCCC(CCCCCCCC)OC(=O)CCCCCCCN(CCO)CCCCCCC(=O)OCCCCCCC. The molecule has 0 spiro atoms. The zero-order valence-corrected chi connectivity index (χ0v) is 31.9. The molecule has 0 saturated carbocycles.